The molecule has 2 rings (SSSR count). The van der Waals surface area contributed by atoms with Crippen LogP contribution in [-0.2, 0) is 0 Å². The lowest BCUT2D eigenvalue weighted by Gasteiger charge is -2.29. The summed E-state index contributed by atoms with van der Waals surface area (Å²) >= 11 is 0. The molecular weight excluding hydrogens is 198 g/mol. The maximum atomic E-state index is 6.00. The zero-order valence-electron chi connectivity index (χ0n) is 10.4. The predicted molar refractivity (Wildman–Crippen MR) is 68.3 cm³/mol. The van der Waals surface area contributed by atoms with Gasteiger partial charge in [-0.1, -0.05) is 32.9 Å². The van der Waals surface area contributed by atoms with E-state index in [1.165, 1.54) is 0 Å². The van der Waals surface area contributed by atoms with Crippen LogP contribution in [0.5, 0.6) is 0 Å². The van der Waals surface area contributed by atoms with E-state index in [9.17, 15) is 0 Å². The molecule has 16 heavy (non-hydrogen) atoms. The van der Waals surface area contributed by atoms with E-state index in [0.29, 0.717) is 12.0 Å². The number of hydrogen-bond donors (Lipinski definition) is 1. The molecule has 1 aromatic heterocycles. The highest BCUT2D eigenvalue weighted by molar-refractivity contribution is 5.78. The predicted octanol–water partition coefficient (Wildman–Crippen LogP) is 3.23. The lowest BCUT2D eigenvalue weighted by atomic mass is 9.88. The van der Waals surface area contributed by atoms with E-state index in [0.717, 1.165) is 11.0 Å². The summed E-state index contributed by atoms with van der Waals surface area (Å²) < 4.78 is 2.12. The normalized spacial score (nSPS) is 14.2. The Balaban J connectivity index is 2.64. The third kappa shape index (κ3) is 1.66. The van der Waals surface area contributed by atoms with Gasteiger partial charge in [-0.05, 0) is 24.5 Å². The zero-order chi connectivity index (χ0) is 11.9. The number of anilines is 1. The van der Waals surface area contributed by atoms with Crippen LogP contribution >= 0.6 is 0 Å². The molecule has 1 heterocycles. The fourth-order valence-electron chi connectivity index (χ4n) is 1.86. The molecular formula is C13H19N3. The van der Waals surface area contributed by atoms with Gasteiger partial charge in [0.15, 0.2) is 0 Å². The Morgan fingerprint density at radius 1 is 1.25 bits per heavy atom. The smallest absolute Gasteiger partial charge is 0.201 e. The number of aromatic nitrogens is 2. The highest BCUT2D eigenvalue weighted by Crippen LogP contribution is 2.34. The van der Waals surface area contributed by atoms with Gasteiger partial charge in [0.25, 0.3) is 0 Å². The quantitative estimate of drug-likeness (QED) is 0.797. The van der Waals surface area contributed by atoms with E-state index in [4.69, 9.17) is 5.73 Å². The fourth-order valence-corrected chi connectivity index (χ4v) is 1.86. The van der Waals surface area contributed by atoms with Crippen LogP contribution < -0.4 is 5.73 Å². The molecule has 0 radical (unpaired) electrons. The van der Waals surface area contributed by atoms with Crippen molar-refractivity contribution < 1.29 is 0 Å². The maximum absolute atomic E-state index is 6.00. The molecule has 1 atom stereocenters. The van der Waals surface area contributed by atoms with Crippen molar-refractivity contribution in [3.63, 3.8) is 0 Å². The van der Waals surface area contributed by atoms with Crippen LogP contribution in [0.2, 0.25) is 0 Å². The molecule has 86 valence electrons. The first-order valence-electron chi connectivity index (χ1n) is 5.63. The number of imidazole rings is 1. The standard InChI is InChI=1S/C13H19N3/c1-9(13(2,3)4)16-11-8-6-5-7-10(11)15-12(16)14/h5-9H,1-4H3,(H2,14,15)/t9-/m1/s1. The van der Waals surface area contributed by atoms with Crippen LogP contribution in [-0.4, -0.2) is 9.55 Å². The Morgan fingerprint density at radius 2 is 1.88 bits per heavy atom. The molecule has 0 fully saturated rings. The molecule has 0 aliphatic rings. The molecule has 1 aromatic carbocycles. The number of para-hydroxylation sites is 2. The summed E-state index contributed by atoms with van der Waals surface area (Å²) in [6.45, 7) is 8.83. The first kappa shape index (κ1) is 11.0. The number of rotatable bonds is 1. The van der Waals surface area contributed by atoms with Gasteiger partial charge in [-0.25, -0.2) is 4.98 Å². The van der Waals surface area contributed by atoms with Crippen LogP contribution in [0.15, 0.2) is 24.3 Å². The Morgan fingerprint density at radius 3 is 2.50 bits per heavy atom. The Hall–Kier alpha value is -1.51. The van der Waals surface area contributed by atoms with Crippen molar-refractivity contribution in [2.24, 2.45) is 5.41 Å². The maximum Gasteiger partial charge on any atom is 0.201 e. The average Bonchev–Trinajstić information content (AvgIpc) is 2.51. The molecule has 0 aliphatic carbocycles. The third-order valence-corrected chi connectivity index (χ3v) is 3.26. The van der Waals surface area contributed by atoms with E-state index in [1.54, 1.807) is 0 Å². The van der Waals surface area contributed by atoms with Gasteiger partial charge in [-0.2, -0.15) is 0 Å². The molecule has 0 spiro atoms. The van der Waals surface area contributed by atoms with E-state index >= 15 is 0 Å². The second kappa shape index (κ2) is 3.51. The van der Waals surface area contributed by atoms with E-state index < -0.39 is 0 Å². The molecule has 0 amide bonds. The lowest BCUT2D eigenvalue weighted by molar-refractivity contribution is 0.270. The van der Waals surface area contributed by atoms with Gasteiger partial charge in [0.05, 0.1) is 11.0 Å². The van der Waals surface area contributed by atoms with E-state index in [1.807, 2.05) is 18.2 Å². The summed E-state index contributed by atoms with van der Waals surface area (Å²) in [5.41, 5.74) is 8.25. The van der Waals surface area contributed by atoms with Crippen molar-refractivity contribution in [1.82, 2.24) is 9.55 Å². The van der Waals surface area contributed by atoms with Gasteiger partial charge in [0.1, 0.15) is 0 Å². The average molecular weight is 217 g/mol. The highest BCUT2D eigenvalue weighted by atomic mass is 15.2. The molecule has 3 heteroatoms. The molecule has 0 unspecified atom stereocenters. The first-order chi connectivity index (χ1) is 7.41. The number of nitrogen functional groups attached to an aromatic ring is 1. The van der Waals surface area contributed by atoms with Gasteiger partial charge in [-0.15, -0.1) is 0 Å². The van der Waals surface area contributed by atoms with Crippen molar-refractivity contribution in [3.8, 4) is 0 Å². The van der Waals surface area contributed by atoms with Gasteiger partial charge >= 0.3 is 0 Å². The summed E-state index contributed by atoms with van der Waals surface area (Å²) in [5, 5.41) is 0. The van der Waals surface area contributed by atoms with E-state index in [2.05, 4.69) is 43.3 Å². The largest absolute Gasteiger partial charge is 0.369 e. The van der Waals surface area contributed by atoms with Crippen molar-refractivity contribution in [1.29, 1.82) is 0 Å². The summed E-state index contributed by atoms with van der Waals surface area (Å²) in [6, 6.07) is 8.40. The van der Waals surface area contributed by atoms with Crippen molar-refractivity contribution in [2.45, 2.75) is 33.7 Å². The Kier molecular flexibility index (Phi) is 2.41. The van der Waals surface area contributed by atoms with E-state index in [-0.39, 0.29) is 5.41 Å². The summed E-state index contributed by atoms with van der Waals surface area (Å²) in [6.07, 6.45) is 0. The summed E-state index contributed by atoms with van der Waals surface area (Å²) in [7, 11) is 0. The SMILES string of the molecule is C[C@@H](n1c(N)nc2ccccc21)C(C)(C)C. The lowest BCUT2D eigenvalue weighted by Crippen LogP contribution is -2.22. The van der Waals surface area contributed by atoms with Crippen LogP contribution in [0, 0.1) is 5.41 Å². The number of fused-ring (bicyclic) bond motifs is 1. The van der Waals surface area contributed by atoms with Gasteiger partial charge in [-0.3, -0.25) is 0 Å². The summed E-state index contributed by atoms with van der Waals surface area (Å²) in [5.74, 6) is 0.601. The number of nitrogens with two attached hydrogens (primary N) is 1. The second-order valence-electron chi connectivity index (χ2n) is 5.37. The third-order valence-electron chi connectivity index (χ3n) is 3.26. The van der Waals surface area contributed by atoms with Crippen molar-refractivity contribution in [3.05, 3.63) is 24.3 Å². The molecule has 0 saturated heterocycles. The summed E-state index contributed by atoms with van der Waals surface area (Å²) in [4.78, 5) is 4.39. The number of hydrogen-bond acceptors (Lipinski definition) is 2. The van der Waals surface area contributed by atoms with Crippen LogP contribution in [0.3, 0.4) is 0 Å². The minimum Gasteiger partial charge on any atom is -0.369 e. The Bertz CT molecular complexity index is 505. The van der Waals surface area contributed by atoms with Crippen LogP contribution in [0.25, 0.3) is 11.0 Å². The zero-order valence-corrected chi connectivity index (χ0v) is 10.4. The van der Waals surface area contributed by atoms with Crippen LogP contribution in [0.4, 0.5) is 5.95 Å². The van der Waals surface area contributed by atoms with Gasteiger partial charge in [0, 0.05) is 6.04 Å². The van der Waals surface area contributed by atoms with Crippen molar-refractivity contribution in [2.75, 3.05) is 5.73 Å². The minimum atomic E-state index is 0.164. The Labute approximate surface area is 96.3 Å². The molecule has 2 N–H and O–H groups in total. The second-order valence-corrected chi connectivity index (χ2v) is 5.37. The molecule has 2 aromatic rings. The van der Waals surface area contributed by atoms with Crippen molar-refractivity contribution >= 4 is 17.0 Å². The molecule has 3 nitrogen and oxygen atoms in total. The van der Waals surface area contributed by atoms with Gasteiger partial charge < -0.3 is 10.3 Å². The fraction of sp³-hybridized carbons (Fsp3) is 0.462. The minimum absolute atomic E-state index is 0.164. The molecule has 0 saturated carbocycles. The molecule has 0 aliphatic heterocycles. The number of nitrogens with zero attached hydrogens (tertiary/aromatic N) is 2. The van der Waals surface area contributed by atoms with Gasteiger partial charge in [0.2, 0.25) is 5.95 Å². The highest BCUT2D eigenvalue weighted by Gasteiger charge is 2.24. The number of benzene rings is 1. The van der Waals surface area contributed by atoms with Crippen LogP contribution in [0.1, 0.15) is 33.7 Å². The topological polar surface area (TPSA) is 43.8 Å². The first-order valence-corrected chi connectivity index (χ1v) is 5.63. The monoisotopic (exact) mass is 217 g/mol. The molecule has 0 bridgehead atoms.